The van der Waals surface area contributed by atoms with Gasteiger partial charge in [0.05, 0.1) is 30.4 Å². The lowest BCUT2D eigenvalue weighted by Crippen LogP contribution is -2.30. The van der Waals surface area contributed by atoms with Gasteiger partial charge in [0.25, 0.3) is 0 Å². The number of nitriles is 1. The summed E-state index contributed by atoms with van der Waals surface area (Å²) >= 11 is 1.80. The molecule has 0 aliphatic heterocycles. The Balaban J connectivity index is 1.56. The molecule has 0 spiro atoms. The molecule has 0 bridgehead atoms. The van der Waals surface area contributed by atoms with Crippen LogP contribution >= 0.6 is 11.8 Å². The molecule has 0 aliphatic rings. The van der Waals surface area contributed by atoms with Gasteiger partial charge in [0, 0.05) is 63.2 Å². The second-order valence-electron chi connectivity index (χ2n) is 13.3. The molecule has 48 heavy (non-hydrogen) atoms. The molecule has 0 radical (unpaired) electrons. The first-order valence-corrected chi connectivity index (χ1v) is 16.8. The fraction of sp³-hybridized carbons (Fsp3) is 0.333. The van der Waals surface area contributed by atoms with Gasteiger partial charge in [-0.2, -0.15) is 5.26 Å². The van der Waals surface area contributed by atoms with Gasteiger partial charge in [0.2, 0.25) is 5.88 Å². The van der Waals surface area contributed by atoms with Gasteiger partial charge in [-0.15, -0.1) is 11.8 Å². The molecule has 0 fully saturated rings. The van der Waals surface area contributed by atoms with E-state index in [4.69, 9.17) is 19.5 Å². The van der Waals surface area contributed by atoms with E-state index in [0.29, 0.717) is 31.0 Å². The Morgan fingerprint density at radius 1 is 0.938 bits per heavy atom. The van der Waals surface area contributed by atoms with Crippen molar-refractivity contribution < 1.29 is 19.0 Å². The fourth-order valence-electron chi connectivity index (χ4n) is 5.43. The number of carbonyl (C=O) groups excluding carboxylic acids is 1. The normalized spacial score (nSPS) is 11.7. The second kappa shape index (κ2) is 14.5. The maximum atomic E-state index is 13.2. The van der Waals surface area contributed by atoms with E-state index >= 15 is 0 Å². The van der Waals surface area contributed by atoms with Crippen molar-refractivity contribution in [1.29, 1.82) is 5.26 Å². The van der Waals surface area contributed by atoms with Crippen LogP contribution in [-0.4, -0.2) is 39.0 Å². The molecule has 9 heteroatoms. The van der Waals surface area contributed by atoms with E-state index in [-0.39, 0.29) is 17.3 Å². The largest absolute Gasteiger partial charge is 0.487 e. The summed E-state index contributed by atoms with van der Waals surface area (Å²) in [7, 11) is 1.61. The maximum Gasteiger partial charge on any atom is 0.311 e. The number of thioether (sulfide) groups is 1. The van der Waals surface area contributed by atoms with Crippen LogP contribution in [0.2, 0.25) is 0 Å². The Bertz CT molecular complexity index is 1920. The zero-order valence-corrected chi connectivity index (χ0v) is 29.5. The molecule has 3 aromatic heterocycles. The lowest BCUT2D eigenvalue weighted by Gasteiger charge is -2.26. The number of fused-ring (bicyclic) bond motifs is 1. The lowest BCUT2D eigenvalue weighted by molar-refractivity contribution is -0.153. The van der Waals surface area contributed by atoms with Crippen LogP contribution in [0.15, 0.2) is 84.0 Å². The number of hydrogen-bond acceptors (Lipinski definition) is 8. The van der Waals surface area contributed by atoms with Crippen LogP contribution in [-0.2, 0) is 29.1 Å². The molecule has 8 nitrogen and oxygen atoms in total. The summed E-state index contributed by atoms with van der Waals surface area (Å²) in [5.74, 6) is 1.08. The van der Waals surface area contributed by atoms with Crippen molar-refractivity contribution in [3.05, 3.63) is 102 Å². The summed E-state index contributed by atoms with van der Waals surface area (Å²) < 4.78 is 19.2. The number of ether oxygens (including phenoxy) is 3. The summed E-state index contributed by atoms with van der Waals surface area (Å²) in [6.45, 7) is 13.6. The minimum Gasteiger partial charge on any atom is -0.487 e. The fourth-order valence-corrected chi connectivity index (χ4v) is 6.62. The van der Waals surface area contributed by atoms with Gasteiger partial charge >= 0.3 is 5.97 Å². The standard InChI is InChI=1S/C39H42N4O4S/c1-8-46-37(44)39(5,6)20-34-36(48-38(2,3)4)32-19-31(47-25-30-15-11-27(21-40)22-41-30)16-17-33(32)43(34)24-26-9-12-28(13-10-26)29-14-18-35(45-7)42-23-29/h9-19,22-23H,8,20,24-25H2,1-7H3. The monoisotopic (exact) mass is 662 g/mol. The topological polar surface area (TPSA) is 99.3 Å². The molecule has 0 aliphatic carbocycles. The van der Waals surface area contributed by atoms with Crippen LogP contribution in [0.1, 0.15) is 64.1 Å². The van der Waals surface area contributed by atoms with Crippen molar-refractivity contribution in [2.45, 2.75) is 70.8 Å². The predicted octanol–water partition coefficient (Wildman–Crippen LogP) is 8.63. The number of carbonyl (C=O) groups is 1. The highest BCUT2D eigenvalue weighted by atomic mass is 32.2. The first-order chi connectivity index (χ1) is 22.9. The third-order valence-electron chi connectivity index (χ3n) is 7.85. The first-order valence-electron chi connectivity index (χ1n) is 16.0. The Morgan fingerprint density at radius 2 is 1.69 bits per heavy atom. The van der Waals surface area contributed by atoms with E-state index in [9.17, 15) is 4.79 Å². The van der Waals surface area contributed by atoms with Crippen molar-refractivity contribution >= 4 is 28.6 Å². The molecule has 0 N–H and O–H groups in total. The zero-order chi connectivity index (χ0) is 34.5. The van der Waals surface area contributed by atoms with Gasteiger partial charge in [0.15, 0.2) is 0 Å². The highest BCUT2D eigenvalue weighted by molar-refractivity contribution is 8.00. The van der Waals surface area contributed by atoms with Crippen LogP contribution in [0.4, 0.5) is 0 Å². The highest BCUT2D eigenvalue weighted by Crippen LogP contribution is 2.44. The zero-order valence-electron chi connectivity index (χ0n) is 28.7. The average Bonchev–Trinajstić information content (AvgIpc) is 3.33. The van der Waals surface area contributed by atoms with Gasteiger partial charge in [0.1, 0.15) is 18.4 Å². The van der Waals surface area contributed by atoms with Gasteiger partial charge < -0.3 is 18.8 Å². The molecular formula is C39H42N4O4S. The van der Waals surface area contributed by atoms with Crippen molar-refractivity contribution in [3.63, 3.8) is 0 Å². The quantitative estimate of drug-likeness (QED) is 0.0967. The number of methoxy groups -OCH3 is 1. The van der Waals surface area contributed by atoms with E-state index < -0.39 is 5.41 Å². The summed E-state index contributed by atoms with van der Waals surface area (Å²) in [5, 5.41) is 10.2. The number of pyridine rings is 2. The summed E-state index contributed by atoms with van der Waals surface area (Å²) in [6.07, 6.45) is 3.87. The number of hydrogen-bond donors (Lipinski definition) is 0. The predicted molar refractivity (Wildman–Crippen MR) is 190 cm³/mol. The second-order valence-corrected chi connectivity index (χ2v) is 15.1. The van der Waals surface area contributed by atoms with Crippen LogP contribution in [0.3, 0.4) is 0 Å². The Kier molecular flexibility index (Phi) is 10.4. The molecule has 0 saturated heterocycles. The Labute approximate surface area is 287 Å². The molecule has 0 amide bonds. The van der Waals surface area contributed by atoms with Crippen LogP contribution in [0, 0.1) is 16.7 Å². The molecule has 3 heterocycles. The molecule has 248 valence electrons. The molecule has 5 aromatic rings. The van der Waals surface area contributed by atoms with E-state index in [1.807, 2.05) is 45.2 Å². The van der Waals surface area contributed by atoms with Crippen molar-refractivity contribution in [2.75, 3.05) is 13.7 Å². The molecular weight excluding hydrogens is 621 g/mol. The minimum atomic E-state index is -0.749. The number of aromatic nitrogens is 3. The number of benzene rings is 2. The molecule has 0 unspecified atom stereocenters. The van der Waals surface area contributed by atoms with Crippen molar-refractivity contribution in [3.8, 4) is 28.8 Å². The van der Waals surface area contributed by atoms with E-state index in [2.05, 4.69) is 77.8 Å². The molecule has 2 aromatic carbocycles. The first kappa shape index (κ1) is 34.5. The summed E-state index contributed by atoms with van der Waals surface area (Å²) in [6, 6.07) is 24.2. The molecule has 5 rings (SSSR count). The molecule has 0 atom stereocenters. The van der Waals surface area contributed by atoms with Crippen LogP contribution in [0.5, 0.6) is 11.6 Å². The van der Waals surface area contributed by atoms with Gasteiger partial charge in [-0.3, -0.25) is 9.78 Å². The van der Waals surface area contributed by atoms with Gasteiger partial charge in [-0.05, 0) is 68.3 Å². The smallest absolute Gasteiger partial charge is 0.311 e. The minimum absolute atomic E-state index is 0.0980. The van der Waals surface area contributed by atoms with Gasteiger partial charge in [-0.1, -0.05) is 45.0 Å². The van der Waals surface area contributed by atoms with E-state index in [1.165, 1.54) is 0 Å². The van der Waals surface area contributed by atoms with E-state index in [0.717, 1.165) is 49.6 Å². The summed E-state index contributed by atoms with van der Waals surface area (Å²) in [5.41, 5.74) is 5.85. The van der Waals surface area contributed by atoms with Crippen LogP contribution in [0.25, 0.3) is 22.0 Å². The number of nitrogens with zero attached hydrogens (tertiary/aromatic N) is 4. The number of esters is 1. The van der Waals surface area contributed by atoms with Crippen molar-refractivity contribution in [1.82, 2.24) is 14.5 Å². The maximum absolute atomic E-state index is 13.2. The van der Waals surface area contributed by atoms with Crippen molar-refractivity contribution in [2.24, 2.45) is 5.41 Å². The summed E-state index contributed by atoms with van der Waals surface area (Å²) in [4.78, 5) is 23.0. The molecule has 0 saturated carbocycles. The number of rotatable bonds is 12. The third-order valence-corrected chi connectivity index (χ3v) is 9.12. The third kappa shape index (κ3) is 8.18. The SMILES string of the molecule is CCOC(=O)C(C)(C)Cc1c(SC(C)(C)C)c2cc(OCc3ccc(C#N)cn3)ccc2n1Cc1ccc(-c2ccc(OC)nc2)cc1. The Hall–Kier alpha value is -4.81. The van der Waals surface area contributed by atoms with E-state index in [1.54, 1.807) is 37.2 Å². The van der Waals surface area contributed by atoms with Gasteiger partial charge in [-0.25, -0.2) is 4.98 Å². The average molecular weight is 663 g/mol. The Morgan fingerprint density at radius 3 is 2.29 bits per heavy atom. The highest BCUT2D eigenvalue weighted by Gasteiger charge is 2.34. The van der Waals surface area contributed by atoms with Crippen LogP contribution < -0.4 is 9.47 Å². The lowest BCUT2D eigenvalue weighted by atomic mass is 9.87.